The molecule has 1 heterocycles. The van der Waals surface area contributed by atoms with E-state index in [0.717, 1.165) is 42.6 Å². The van der Waals surface area contributed by atoms with Gasteiger partial charge in [-0.15, -0.1) is 0 Å². The number of amides is 1. The van der Waals surface area contributed by atoms with Crippen LogP contribution in [0.3, 0.4) is 0 Å². The first-order valence-corrected chi connectivity index (χ1v) is 7.68. The van der Waals surface area contributed by atoms with E-state index >= 15 is 0 Å². The van der Waals surface area contributed by atoms with Gasteiger partial charge in [0.25, 0.3) is 5.91 Å². The highest BCUT2D eigenvalue weighted by molar-refractivity contribution is 5.94. The Labute approximate surface area is 130 Å². The topological polar surface area (TPSA) is 44.1 Å². The second-order valence-corrected chi connectivity index (χ2v) is 5.59. The molecule has 1 aliphatic rings. The molecule has 0 aromatic heterocycles. The minimum absolute atomic E-state index is 0.111. The van der Waals surface area contributed by atoms with Gasteiger partial charge in [-0.3, -0.25) is 4.79 Å². The molecule has 1 amide bonds. The summed E-state index contributed by atoms with van der Waals surface area (Å²) in [5.41, 5.74) is 3.24. The lowest BCUT2D eigenvalue weighted by atomic mass is 9.99. The maximum absolute atomic E-state index is 12.4. The van der Waals surface area contributed by atoms with Crippen LogP contribution < -0.4 is 0 Å². The van der Waals surface area contributed by atoms with Gasteiger partial charge < -0.3 is 4.90 Å². The van der Waals surface area contributed by atoms with Crippen molar-refractivity contribution in [1.82, 2.24) is 4.90 Å². The van der Waals surface area contributed by atoms with Crippen LogP contribution in [0.25, 0.3) is 11.1 Å². The largest absolute Gasteiger partial charge is 0.339 e. The summed E-state index contributed by atoms with van der Waals surface area (Å²) in [5.74, 6) is 0.111. The molecule has 3 nitrogen and oxygen atoms in total. The van der Waals surface area contributed by atoms with E-state index in [1.807, 2.05) is 53.4 Å². The fourth-order valence-electron chi connectivity index (χ4n) is 2.90. The smallest absolute Gasteiger partial charge is 0.253 e. The fraction of sp³-hybridized carbons (Fsp3) is 0.263. The van der Waals surface area contributed by atoms with Crippen molar-refractivity contribution in [1.29, 1.82) is 5.26 Å². The third kappa shape index (κ3) is 2.87. The maximum Gasteiger partial charge on any atom is 0.253 e. The summed E-state index contributed by atoms with van der Waals surface area (Å²) in [6.07, 6.45) is 3.41. The first-order chi connectivity index (χ1) is 10.8. The quantitative estimate of drug-likeness (QED) is 0.843. The molecule has 1 aliphatic heterocycles. The number of piperidine rings is 1. The van der Waals surface area contributed by atoms with Crippen molar-refractivity contribution in [2.45, 2.75) is 19.3 Å². The monoisotopic (exact) mass is 290 g/mol. The molecule has 0 radical (unpaired) electrons. The molecule has 3 heteroatoms. The molecule has 0 saturated carbocycles. The molecule has 0 bridgehead atoms. The summed E-state index contributed by atoms with van der Waals surface area (Å²) in [5, 5.41) is 9.18. The molecule has 2 aromatic carbocycles. The highest BCUT2D eigenvalue weighted by atomic mass is 16.2. The van der Waals surface area contributed by atoms with E-state index in [2.05, 4.69) is 6.07 Å². The zero-order valence-corrected chi connectivity index (χ0v) is 12.5. The van der Waals surface area contributed by atoms with Crippen LogP contribution in [0, 0.1) is 11.3 Å². The molecular weight excluding hydrogens is 272 g/mol. The average Bonchev–Trinajstić information content (AvgIpc) is 2.62. The van der Waals surface area contributed by atoms with Crippen LogP contribution in [-0.4, -0.2) is 23.9 Å². The average molecular weight is 290 g/mol. The minimum Gasteiger partial charge on any atom is -0.339 e. The van der Waals surface area contributed by atoms with E-state index < -0.39 is 0 Å². The van der Waals surface area contributed by atoms with Gasteiger partial charge in [-0.1, -0.05) is 30.3 Å². The third-order valence-corrected chi connectivity index (χ3v) is 4.13. The van der Waals surface area contributed by atoms with Gasteiger partial charge in [0, 0.05) is 18.7 Å². The number of nitriles is 1. The summed E-state index contributed by atoms with van der Waals surface area (Å²) in [6, 6.07) is 17.3. The molecule has 110 valence electrons. The van der Waals surface area contributed by atoms with Crippen LogP contribution in [0.4, 0.5) is 0 Å². The van der Waals surface area contributed by atoms with E-state index in [9.17, 15) is 10.1 Å². The predicted molar refractivity (Wildman–Crippen MR) is 86.3 cm³/mol. The van der Waals surface area contributed by atoms with Crippen LogP contribution in [0.1, 0.15) is 35.2 Å². The molecule has 1 saturated heterocycles. The molecular formula is C19H18N2O. The second-order valence-electron chi connectivity index (χ2n) is 5.59. The summed E-state index contributed by atoms with van der Waals surface area (Å²) in [4.78, 5) is 14.4. The maximum atomic E-state index is 12.4. The van der Waals surface area contributed by atoms with Crippen LogP contribution in [0.5, 0.6) is 0 Å². The number of rotatable bonds is 2. The Morgan fingerprint density at radius 2 is 1.64 bits per heavy atom. The molecule has 22 heavy (non-hydrogen) atoms. The van der Waals surface area contributed by atoms with Crippen molar-refractivity contribution in [3.63, 3.8) is 0 Å². The summed E-state index contributed by atoms with van der Waals surface area (Å²) >= 11 is 0. The van der Waals surface area contributed by atoms with Crippen molar-refractivity contribution >= 4 is 5.91 Å². The van der Waals surface area contributed by atoms with E-state index in [1.165, 1.54) is 6.42 Å². The summed E-state index contributed by atoms with van der Waals surface area (Å²) in [6.45, 7) is 1.72. The van der Waals surface area contributed by atoms with E-state index in [1.54, 1.807) is 0 Å². The van der Waals surface area contributed by atoms with E-state index in [0.29, 0.717) is 5.56 Å². The van der Waals surface area contributed by atoms with Gasteiger partial charge in [0.05, 0.1) is 11.6 Å². The van der Waals surface area contributed by atoms with E-state index in [-0.39, 0.29) is 5.91 Å². The lowest BCUT2D eigenvalue weighted by Gasteiger charge is -2.26. The highest BCUT2D eigenvalue weighted by Crippen LogP contribution is 2.24. The number of benzene rings is 2. The number of nitrogens with zero attached hydrogens (tertiary/aromatic N) is 2. The Morgan fingerprint density at radius 1 is 0.955 bits per heavy atom. The van der Waals surface area contributed by atoms with Crippen LogP contribution in [0.15, 0.2) is 48.5 Å². The number of likely N-dealkylation sites (tertiary alicyclic amines) is 1. The van der Waals surface area contributed by atoms with Crippen molar-refractivity contribution < 1.29 is 4.79 Å². The molecule has 2 aromatic rings. The number of carbonyl (C=O) groups is 1. The molecule has 0 aliphatic carbocycles. The second kappa shape index (κ2) is 6.44. The Balaban J connectivity index is 1.83. The lowest BCUT2D eigenvalue weighted by Crippen LogP contribution is -2.35. The first kappa shape index (κ1) is 14.3. The first-order valence-electron chi connectivity index (χ1n) is 7.68. The van der Waals surface area contributed by atoms with Crippen LogP contribution in [-0.2, 0) is 0 Å². The number of hydrogen-bond acceptors (Lipinski definition) is 2. The van der Waals surface area contributed by atoms with Gasteiger partial charge in [0.15, 0.2) is 0 Å². The van der Waals surface area contributed by atoms with Crippen LogP contribution in [0.2, 0.25) is 0 Å². The van der Waals surface area contributed by atoms with Crippen molar-refractivity contribution in [3.05, 3.63) is 59.7 Å². The zero-order chi connectivity index (χ0) is 15.4. The Morgan fingerprint density at radius 3 is 2.32 bits per heavy atom. The molecule has 0 spiro atoms. The van der Waals surface area contributed by atoms with Gasteiger partial charge in [-0.05, 0) is 48.6 Å². The normalized spacial score (nSPS) is 14.4. The highest BCUT2D eigenvalue weighted by Gasteiger charge is 2.18. The standard InChI is InChI=1S/C19H18N2O/c20-14-17-6-2-3-7-18(17)15-8-10-16(11-9-15)19(22)21-12-4-1-5-13-21/h2-3,6-11H,1,4-5,12-13H2. The van der Waals surface area contributed by atoms with Gasteiger partial charge in [-0.2, -0.15) is 5.26 Å². The Hall–Kier alpha value is -2.60. The lowest BCUT2D eigenvalue weighted by molar-refractivity contribution is 0.0724. The van der Waals surface area contributed by atoms with Crippen molar-refractivity contribution in [2.75, 3.05) is 13.1 Å². The van der Waals surface area contributed by atoms with Gasteiger partial charge in [0.1, 0.15) is 0 Å². The number of carbonyl (C=O) groups excluding carboxylic acids is 1. The third-order valence-electron chi connectivity index (χ3n) is 4.13. The Kier molecular flexibility index (Phi) is 4.20. The van der Waals surface area contributed by atoms with E-state index in [4.69, 9.17) is 0 Å². The molecule has 3 rings (SSSR count). The van der Waals surface area contributed by atoms with Gasteiger partial charge in [-0.25, -0.2) is 0 Å². The van der Waals surface area contributed by atoms with Crippen LogP contribution >= 0.6 is 0 Å². The number of hydrogen-bond donors (Lipinski definition) is 0. The van der Waals surface area contributed by atoms with Gasteiger partial charge >= 0.3 is 0 Å². The zero-order valence-electron chi connectivity index (χ0n) is 12.5. The van der Waals surface area contributed by atoms with Crippen molar-refractivity contribution in [3.8, 4) is 17.2 Å². The van der Waals surface area contributed by atoms with Gasteiger partial charge in [0.2, 0.25) is 0 Å². The molecule has 0 N–H and O–H groups in total. The molecule has 0 atom stereocenters. The Bertz CT molecular complexity index is 707. The minimum atomic E-state index is 0.111. The fourth-order valence-corrected chi connectivity index (χ4v) is 2.90. The van der Waals surface area contributed by atoms with Crippen molar-refractivity contribution in [2.24, 2.45) is 0 Å². The predicted octanol–water partition coefficient (Wildman–Crippen LogP) is 3.85. The summed E-state index contributed by atoms with van der Waals surface area (Å²) < 4.78 is 0. The molecule has 1 fully saturated rings. The SMILES string of the molecule is N#Cc1ccccc1-c1ccc(C(=O)N2CCCCC2)cc1. The summed E-state index contributed by atoms with van der Waals surface area (Å²) in [7, 11) is 0. The molecule has 0 unspecified atom stereocenters.